The molecule has 0 heterocycles. The Labute approximate surface area is 74.9 Å². The van der Waals surface area contributed by atoms with Gasteiger partial charge in [0.25, 0.3) is 0 Å². The topological polar surface area (TPSA) is 0 Å². The molecule has 0 saturated carbocycles. The number of allylic oxidation sites excluding steroid dienone is 1. The average Bonchev–Trinajstić information content (AvgIpc) is 2.04. The molecule has 0 atom stereocenters. The summed E-state index contributed by atoms with van der Waals surface area (Å²) < 4.78 is 0. The van der Waals surface area contributed by atoms with Crippen LogP contribution in [0.4, 0.5) is 0 Å². The van der Waals surface area contributed by atoms with Crippen LogP contribution in [0.5, 0.6) is 0 Å². The number of hydrogen-bond donors (Lipinski definition) is 0. The van der Waals surface area contributed by atoms with Crippen molar-refractivity contribution in [2.24, 2.45) is 0 Å². The van der Waals surface area contributed by atoms with Gasteiger partial charge in [-0.15, -0.1) is 0 Å². The van der Waals surface area contributed by atoms with Crippen molar-refractivity contribution in [2.75, 3.05) is 0 Å². The van der Waals surface area contributed by atoms with Crippen molar-refractivity contribution in [3.63, 3.8) is 0 Å². The molecule has 1 radical (unpaired) electrons. The summed E-state index contributed by atoms with van der Waals surface area (Å²) in [6.07, 6.45) is 0. The average molecular weight is 159 g/mol. The number of hydrogen-bond acceptors (Lipinski definition) is 0. The first-order valence-corrected chi connectivity index (χ1v) is 4.17. The molecular formula is C12H15. The van der Waals surface area contributed by atoms with Gasteiger partial charge in [0.2, 0.25) is 0 Å². The summed E-state index contributed by atoms with van der Waals surface area (Å²) in [5.41, 5.74) is 3.65. The Morgan fingerprint density at radius 1 is 0.917 bits per heavy atom. The zero-order chi connectivity index (χ0) is 9.14. The third-order valence-corrected chi connectivity index (χ3v) is 1.96. The van der Waals surface area contributed by atoms with Gasteiger partial charge in [0, 0.05) is 0 Å². The lowest BCUT2D eigenvalue weighted by Gasteiger charge is -2.05. The van der Waals surface area contributed by atoms with Gasteiger partial charge in [0.1, 0.15) is 0 Å². The van der Waals surface area contributed by atoms with E-state index in [0.717, 1.165) is 5.57 Å². The Balaban J connectivity index is 2.93. The van der Waals surface area contributed by atoms with Gasteiger partial charge in [-0.2, -0.15) is 0 Å². The normalized spacial score (nSPS) is 10.3. The third kappa shape index (κ3) is 1.97. The minimum absolute atomic E-state index is 1.12. The number of benzene rings is 1. The molecule has 12 heavy (non-hydrogen) atoms. The molecule has 1 rings (SSSR count). The molecule has 0 saturated heterocycles. The van der Waals surface area contributed by atoms with Gasteiger partial charge in [-0.3, -0.25) is 0 Å². The smallest absolute Gasteiger partial charge is 0.00120 e. The molecule has 0 aromatic heterocycles. The highest BCUT2D eigenvalue weighted by atomic mass is 14.0. The van der Waals surface area contributed by atoms with Crippen molar-refractivity contribution in [1.82, 2.24) is 0 Å². The van der Waals surface area contributed by atoms with Crippen LogP contribution in [0, 0.1) is 5.92 Å². The minimum atomic E-state index is 1.12. The van der Waals surface area contributed by atoms with Gasteiger partial charge < -0.3 is 0 Å². The summed E-state index contributed by atoms with van der Waals surface area (Å²) in [6.45, 7) is 10.2. The van der Waals surface area contributed by atoms with E-state index >= 15 is 0 Å². The first kappa shape index (κ1) is 9.05. The van der Waals surface area contributed by atoms with E-state index in [1.54, 1.807) is 0 Å². The van der Waals surface area contributed by atoms with Crippen LogP contribution in [0.3, 0.4) is 0 Å². The van der Waals surface area contributed by atoms with Gasteiger partial charge in [-0.25, -0.2) is 0 Å². The molecule has 1 aromatic carbocycles. The highest BCUT2D eigenvalue weighted by molar-refractivity contribution is 5.61. The second-order valence-electron chi connectivity index (χ2n) is 3.36. The van der Waals surface area contributed by atoms with Crippen molar-refractivity contribution in [2.45, 2.75) is 20.8 Å². The van der Waals surface area contributed by atoms with E-state index in [0.29, 0.717) is 0 Å². The van der Waals surface area contributed by atoms with Crippen LogP contribution in [0.2, 0.25) is 0 Å². The SMILES string of the molecule is C=C(C)c1ccc([C](C)C)cc1. The Kier molecular flexibility index (Phi) is 2.69. The predicted octanol–water partition coefficient (Wildman–Crippen LogP) is 3.68. The highest BCUT2D eigenvalue weighted by Gasteiger charge is 1.98. The Hall–Kier alpha value is -1.04. The van der Waals surface area contributed by atoms with E-state index in [9.17, 15) is 0 Å². The van der Waals surface area contributed by atoms with Crippen LogP contribution in [-0.4, -0.2) is 0 Å². The molecule has 0 aliphatic carbocycles. The lowest BCUT2D eigenvalue weighted by molar-refractivity contribution is 1.15. The second-order valence-corrected chi connectivity index (χ2v) is 3.36. The lowest BCUT2D eigenvalue weighted by Crippen LogP contribution is -1.87. The summed E-state index contributed by atoms with van der Waals surface area (Å²) in [6, 6.07) is 8.51. The van der Waals surface area contributed by atoms with Gasteiger partial charge >= 0.3 is 0 Å². The van der Waals surface area contributed by atoms with Crippen LogP contribution in [0.25, 0.3) is 5.57 Å². The van der Waals surface area contributed by atoms with E-state index in [1.165, 1.54) is 17.0 Å². The zero-order valence-electron chi connectivity index (χ0n) is 8.02. The van der Waals surface area contributed by atoms with Crippen LogP contribution in [0.15, 0.2) is 30.8 Å². The van der Waals surface area contributed by atoms with Gasteiger partial charge in [0.15, 0.2) is 0 Å². The fraction of sp³-hybridized carbons (Fsp3) is 0.250. The van der Waals surface area contributed by atoms with Crippen LogP contribution >= 0.6 is 0 Å². The molecule has 0 aliphatic heterocycles. The maximum absolute atomic E-state index is 3.89. The fourth-order valence-electron chi connectivity index (χ4n) is 1.09. The maximum atomic E-state index is 3.89. The Morgan fingerprint density at radius 2 is 1.33 bits per heavy atom. The Morgan fingerprint density at radius 3 is 1.67 bits per heavy atom. The van der Waals surface area contributed by atoms with E-state index in [-0.39, 0.29) is 0 Å². The molecule has 0 N–H and O–H groups in total. The van der Waals surface area contributed by atoms with Crippen molar-refractivity contribution >= 4 is 5.57 Å². The van der Waals surface area contributed by atoms with E-state index in [4.69, 9.17) is 0 Å². The molecule has 0 aliphatic rings. The van der Waals surface area contributed by atoms with E-state index < -0.39 is 0 Å². The predicted molar refractivity (Wildman–Crippen MR) is 54.8 cm³/mol. The summed E-state index contributed by atoms with van der Waals surface area (Å²) >= 11 is 0. The van der Waals surface area contributed by atoms with Crippen LogP contribution < -0.4 is 0 Å². The molecule has 0 bridgehead atoms. The van der Waals surface area contributed by atoms with Gasteiger partial charge in [-0.05, 0) is 24.0 Å². The minimum Gasteiger partial charge on any atom is -0.0955 e. The second kappa shape index (κ2) is 3.57. The van der Waals surface area contributed by atoms with E-state index in [1.807, 2.05) is 6.92 Å². The first-order valence-electron chi connectivity index (χ1n) is 4.17. The van der Waals surface area contributed by atoms with Crippen molar-refractivity contribution in [3.8, 4) is 0 Å². The molecule has 0 unspecified atom stereocenters. The van der Waals surface area contributed by atoms with Gasteiger partial charge in [0.05, 0.1) is 0 Å². The molecule has 0 spiro atoms. The van der Waals surface area contributed by atoms with E-state index in [2.05, 4.69) is 44.7 Å². The summed E-state index contributed by atoms with van der Waals surface area (Å²) in [5.74, 6) is 1.35. The monoisotopic (exact) mass is 159 g/mol. The van der Waals surface area contributed by atoms with Crippen LogP contribution in [0.1, 0.15) is 31.9 Å². The standard InChI is InChI=1S/C12H15/c1-9(2)11-5-7-12(8-6-11)10(3)4/h5-8H,1H2,2-4H3. The molecule has 0 heteroatoms. The Bertz CT molecular complexity index is 265. The molecule has 0 amide bonds. The van der Waals surface area contributed by atoms with Crippen molar-refractivity contribution in [3.05, 3.63) is 47.9 Å². The molecule has 0 nitrogen and oxygen atoms in total. The molecular weight excluding hydrogens is 144 g/mol. The van der Waals surface area contributed by atoms with Crippen LogP contribution in [-0.2, 0) is 0 Å². The van der Waals surface area contributed by atoms with Gasteiger partial charge in [-0.1, -0.05) is 50.3 Å². The summed E-state index contributed by atoms with van der Waals surface area (Å²) in [4.78, 5) is 0. The van der Waals surface area contributed by atoms with Crippen molar-refractivity contribution < 1.29 is 0 Å². The first-order chi connectivity index (χ1) is 5.61. The molecule has 1 aromatic rings. The molecule has 0 fully saturated rings. The largest absolute Gasteiger partial charge is 0.0955 e. The quantitative estimate of drug-likeness (QED) is 0.617. The highest BCUT2D eigenvalue weighted by Crippen LogP contribution is 2.17. The summed E-state index contributed by atoms with van der Waals surface area (Å²) in [5, 5.41) is 0. The summed E-state index contributed by atoms with van der Waals surface area (Å²) in [7, 11) is 0. The fourth-order valence-corrected chi connectivity index (χ4v) is 1.09. The maximum Gasteiger partial charge on any atom is -0.00120 e. The lowest BCUT2D eigenvalue weighted by atomic mass is 10.00. The third-order valence-electron chi connectivity index (χ3n) is 1.96. The molecule has 63 valence electrons. The zero-order valence-corrected chi connectivity index (χ0v) is 8.02. The number of rotatable bonds is 2. The van der Waals surface area contributed by atoms with Crippen molar-refractivity contribution in [1.29, 1.82) is 0 Å².